The van der Waals surface area contributed by atoms with Gasteiger partial charge < -0.3 is 10.2 Å². The lowest BCUT2D eigenvalue weighted by molar-refractivity contribution is -0.140. The van der Waals surface area contributed by atoms with Gasteiger partial charge in [0.2, 0.25) is 11.3 Å². The minimum Gasteiger partial charge on any atom is -0.481 e. The maximum Gasteiger partial charge on any atom is 0.321 e. The Labute approximate surface area is 76.2 Å². The first-order valence-electron chi connectivity index (χ1n) is 3.25. The Morgan fingerprint density at radius 2 is 1.92 bits per heavy atom. The van der Waals surface area contributed by atoms with E-state index in [0.717, 1.165) is 0 Å². The Morgan fingerprint density at radius 3 is 2.23 bits per heavy atom. The first-order chi connectivity index (χ1) is 5.93. The second-order valence-corrected chi connectivity index (χ2v) is 2.92. The molecule has 0 saturated carbocycles. The highest BCUT2D eigenvalue weighted by molar-refractivity contribution is 7.77. The molecule has 76 valence electrons. The van der Waals surface area contributed by atoms with Gasteiger partial charge in [-0.2, -0.15) is 0 Å². The summed E-state index contributed by atoms with van der Waals surface area (Å²) in [5.41, 5.74) is 0. The standard InChI is InChI=1S/C5H9NO6S/c7-4(8)2-1-3(5(9)10)6-13(11)12/h3,6H,1-2H2,(H,7,8)(H,9,10)(H,11,12)/t3-/m0/s1. The predicted molar refractivity (Wildman–Crippen MR) is 42.2 cm³/mol. The highest BCUT2D eigenvalue weighted by atomic mass is 32.2. The Kier molecular flexibility index (Phi) is 5.19. The highest BCUT2D eigenvalue weighted by Gasteiger charge is 2.19. The zero-order valence-corrected chi connectivity index (χ0v) is 7.28. The normalized spacial score (nSPS) is 14.8. The number of hydrogen-bond acceptors (Lipinski definition) is 3. The summed E-state index contributed by atoms with van der Waals surface area (Å²) in [6.07, 6.45) is -0.613. The van der Waals surface area contributed by atoms with E-state index in [1.807, 2.05) is 0 Å². The molecule has 0 radical (unpaired) electrons. The Balaban J connectivity index is 4.02. The Bertz CT molecular complexity index is 229. The van der Waals surface area contributed by atoms with E-state index in [-0.39, 0.29) is 12.8 Å². The van der Waals surface area contributed by atoms with Crippen LogP contribution in [-0.4, -0.2) is 37.0 Å². The topological polar surface area (TPSA) is 124 Å². The van der Waals surface area contributed by atoms with E-state index in [1.165, 1.54) is 0 Å². The molecule has 13 heavy (non-hydrogen) atoms. The summed E-state index contributed by atoms with van der Waals surface area (Å²) in [5.74, 6) is -2.51. The molecule has 0 heterocycles. The van der Waals surface area contributed by atoms with Crippen molar-refractivity contribution in [3.8, 4) is 0 Å². The van der Waals surface area contributed by atoms with Gasteiger partial charge in [0.05, 0.1) is 0 Å². The van der Waals surface area contributed by atoms with Gasteiger partial charge in [-0.25, -0.2) is 8.93 Å². The van der Waals surface area contributed by atoms with E-state index in [4.69, 9.17) is 14.8 Å². The van der Waals surface area contributed by atoms with Crippen molar-refractivity contribution in [1.29, 1.82) is 0 Å². The van der Waals surface area contributed by atoms with Gasteiger partial charge in [0, 0.05) is 6.42 Å². The molecule has 0 saturated heterocycles. The van der Waals surface area contributed by atoms with E-state index < -0.39 is 29.2 Å². The monoisotopic (exact) mass is 211 g/mol. The molecule has 0 amide bonds. The molecule has 0 rings (SSSR count). The molecule has 7 nitrogen and oxygen atoms in total. The van der Waals surface area contributed by atoms with Crippen molar-refractivity contribution in [2.24, 2.45) is 0 Å². The maximum atomic E-state index is 10.3. The summed E-state index contributed by atoms with van der Waals surface area (Å²) >= 11 is -2.45. The molecule has 0 aromatic carbocycles. The molecule has 0 fully saturated rings. The van der Waals surface area contributed by atoms with E-state index in [9.17, 15) is 13.8 Å². The van der Waals surface area contributed by atoms with Gasteiger partial charge in [0.15, 0.2) is 0 Å². The summed E-state index contributed by atoms with van der Waals surface area (Å²) in [7, 11) is 0. The van der Waals surface area contributed by atoms with Crippen molar-refractivity contribution in [2.45, 2.75) is 18.9 Å². The van der Waals surface area contributed by atoms with Crippen LogP contribution < -0.4 is 4.72 Å². The highest BCUT2D eigenvalue weighted by Crippen LogP contribution is 1.98. The lowest BCUT2D eigenvalue weighted by Gasteiger charge is -2.08. The van der Waals surface area contributed by atoms with Crippen LogP contribution in [0.3, 0.4) is 0 Å². The third kappa shape index (κ3) is 6.20. The molecule has 1 unspecified atom stereocenters. The first-order valence-corrected chi connectivity index (χ1v) is 4.35. The fourth-order valence-corrected chi connectivity index (χ4v) is 1.08. The number of nitrogens with one attached hydrogen (secondary N) is 1. The molecule has 2 atom stereocenters. The third-order valence-electron chi connectivity index (χ3n) is 1.19. The van der Waals surface area contributed by atoms with E-state index in [0.29, 0.717) is 0 Å². The lowest BCUT2D eigenvalue weighted by Crippen LogP contribution is -2.37. The average molecular weight is 211 g/mol. The molecule has 0 aliphatic carbocycles. The fourth-order valence-electron chi connectivity index (χ4n) is 0.622. The number of carboxylic acids is 2. The zero-order valence-electron chi connectivity index (χ0n) is 6.47. The van der Waals surface area contributed by atoms with Crippen LogP contribution in [0, 0.1) is 0 Å². The maximum absolute atomic E-state index is 10.3. The third-order valence-corrected chi connectivity index (χ3v) is 1.67. The summed E-state index contributed by atoms with van der Waals surface area (Å²) in [5, 5.41) is 16.7. The van der Waals surface area contributed by atoms with Crippen LogP contribution in [0.2, 0.25) is 0 Å². The minimum atomic E-state index is -2.45. The van der Waals surface area contributed by atoms with Crippen LogP contribution in [0.5, 0.6) is 0 Å². The number of carbonyl (C=O) groups is 2. The summed E-state index contributed by atoms with van der Waals surface area (Å²) < 4.78 is 20.2. The first kappa shape index (κ1) is 12.0. The van der Waals surface area contributed by atoms with E-state index in [2.05, 4.69) is 0 Å². The molecule has 0 aromatic rings. The SMILES string of the molecule is O=C(O)CC[C@H](NS(=O)O)C(=O)O. The number of rotatable bonds is 6. The molecular weight excluding hydrogens is 202 g/mol. The summed E-state index contributed by atoms with van der Waals surface area (Å²) in [6.45, 7) is 0. The van der Waals surface area contributed by atoms with Gasteiger partial charge in [-0.15, -0.1) is 0 Å². The second kappa shape index (κ2) is 5.62. The summed E-state index contributed by atoms with van der Waals surface area (Å²) in [4.78, 5) is 20.4. The van der Waals surface area contributed by atoms with Crippen LogP contribution in [0.15, 0.2) is 0 Å². The van der Waals surface area contributed by atoms with E-state index in [1.54, 1.807) is 4.72 Å². The van der Waals surface area contributed by atoms with E-state index >= 15 is 0 Å². The van der Waals surface area contributed by atoms with Crippen molar-refractivity contribution in [1.82, 2.24) is 4.72 Å². The smallest absolute Gasteiger partial charge is 0.321 e. The van der Waals surface area contributed by atoms with Gasteiger partial charge in [0.1, 0.15) is 6.04 Å². The molecule has 0 aliphatic rings. The van der Waals surface area contributed by atoms with Crippen LogP contribution in [0.25, 0.3) is 0 Å². The second-order valence-electron chi connectivity index (χ2n) is 2.19. The minimum absolute atomic E-state index is 0.239. The number of aliphatic carboxylic acids is 2. The molecule has 8 heteroatoms. The van der Waals surface area contributed by atoms with Gasteiger partial charge >= 0.3 is 11.9 Å². The van der Waals surface area contributed by atoms with Crippen molar-refractivity contribution in [2.75, 3.05) is 0 Å². The number of carboxylic acid groups (broad SMARTS) is 2. The van der Waals surface area contributed by atoms with Crippen LogP contribution >= 0.6 is 0 Å². The van der Waals surface area contributed by atoms with Crippen LogP contribution in [0.4, 0.5) is 0 Å². The Hall–Kier alpha value is -0.990. The molecule has 4 N–H and O–H groups in total. The largest absolute Gasteiger partial charge is 0.481 e. The van der Waals surface area contributed by atoms with Gasteiger partial charge in [0.25, 0.3) is 0 Å². The average Bonchev–Trinajstić information content (AvgIpc) is 1.96. The molecule has 0 aliphatic heterocycles. The molecule has 0 aromatic heterocycles. The number of hydrogen-bond donors (Lipinski definition) is 4. The summed E-state index contributed by atoms with van der Waals surface area (Å²) in [6, 6.07) is -1.32. The van der Waals surface area contributed by atoms with Gasteiger partial charge in [-0.05, 0) is 6.42 Å². The van der Waals surface area contributed by atoms with Crippen molar-refractivity contribution >= 4 is 23.2 Å². The molecular formula is C5H9NO6S. The molecule has 0 bridgehead atoms. The van der Waals surface area contributed by atoms with Gasteiger partial charge in [-0.3, -0.25) is 14.1 Å². The fraction of sp³-hybridized carbons (Fsp3) is 0.600. The lowest BCUT2D eigenvalue weighted by atomic mass is 10.2. The van der Waals surface area contributed by atoms with Crippen LogP contribution in [0.1, 0.15) is 12.8 Å². The van der Waals surface area contributed by atoms with Crippen molar-refractivity contribution in [3.05, 3.63) is 0 Å². The molecule has 0 spiro atoms. The van der Waals surface area contributed by atoms with Crippen molar-refractivity contribution < 1.29 is 28.6 Å². The quantitative estimate of drug-likeness (QED) is 0.419. The van der Waals surface area contributed by atoms with Gasteiger partial charge in [-0.1, -0.05) is 0 Å². The zero-order chi connectivity index (χ0) is 10.4. The van der Waals surface area contributed by atoms with Crippen LogP contribution in [-0.2, 0) is 20.9 Å². The predicted octanol–water partition coefficient (Wildman–Crippen LogP) is -0.969. The van der Waals surface area contributed by atoms with Crippen molar-refractivity contribution in [3.63, 3.8) is 0 Å². The Morgan fingerprint density at radius 1 is 1.38 bits per heavy atom.